The van der Waals surface area contributed by atoms with Crippen molar-refractivity contribution in [1.82, 2.24) is 5.32 Å². The molecular weight excluding hydrogens is 294 g/mol. The van der Waals surface area contributed by atoms with Gasteiger partial charge < -0.3 is 10.4 Å². The van der Waals surface area contributed by atoms with Crippen LogP contribution in [0.25, 0.3) is 0 Å². The molecule has 5 atom stereocenters. The second kappa shape index (κ2) is 7.08. The zero-order chi connectivity index (χ0) is 17.2. The van der Waals surface area contributed by atoms with E-state index in [4.69, 9.17) is 0 Å². The van der Waals surface area contributed by atoms with Gasteiger partial charge in [-0.25, -0.2) is 0 Å². The van der Waals surface area contributed by atoms with Gasteiger partial charge in [-0.3, -0.25) is 0 Å². The van der Waals surface area contributed by atoms with Crippen molar-refractivity contribution in [3.63, 3.8) is 0 Å². The number of piperidine rings is 1. The number of aliphatic hydroxyl groups is 1. The largest absolute Gasteiger partial charge is 0.389 e. The minimum absolute atomic E-state index is 0.157. The average Bonchev–Trinajstić information content (AvgIpc) is 2.62. The van der Waals surface area contributed by atoms with Gasteiger partial charge in [0.25, 0.3) is 0 Å². The number of benzene rings is 2. The number of hydrogen-bond donors (Lipinski definition) is 2. The molecule has 0 radical (unpaired) electrons. The summed E-state index contributed by atoms with van der Waals surface area (Å²) in [6, 6.07) is 21.4. The van der Waals surface area contributed by atoms with Crippen LogP contribution >= 0.6 is 0 Å². The average molecular weight is 323 g/mol. The van der Waals surface area contributed by atoms with Crippen LogP contribution in [0.2, 0.25) is 0 Å². The lowest BCUT2D eigenvalue weighted by atomic mass is 9.64. The molecule has 0 bridgehead atoms. The Morgan fingerprint density at radius 3 is 1.62 bits per heavy atom. The fourth-order valence-corrected chi connectivity index (χ4v) is 4.42. The van der Waals surface area contributed by atoms with E-state index >= 15 is 0 Å². The third kappa shape index (κ3) is 3.01. The van der Waals surface area contributed by atoms with Crippen molar-refractivity contribution in [3.05, 3.63) is 71.8 Å². The summed E-state index contributed by atoms with van der Waals surface area (Å²) in [6.45, 7) is 6.55. The predicted octanol–water partition coefficient (Wildman–Crippen LogP) is 4.88. The van der Waals surface area contributed by atoms with E-state index in [2.05, 4.69) is 74.6 Å². The molecule has 0 aliphatic carbocycles. The van der Waals surface area contributed by atoms with Crippen LogP contribution in [0.15, 0.2) is 60.7 Å². The molecular formula is C22H29NO. The van der Waals surface area contributed by atoms with E-state index in [0.717, 1.165) is 12.8 Å². The second-order valence-electron chi connectivity index (χ2n) is 7.26. The molecule has 1 unspecified atom stereocenters. The fourth-order valence-electron chi connectivity index (χ4n) is 4.42. The van der Waals surface area contributed by atoms with Gasteiger partial charge in [-0.1, -0.05) is 87.9 Å². The van der Waals surface area contributed by atoms with E-state index in [0.29, 0.717) is 0 Å². The molecule has 2 N–H and O–H groups in total. The lowest BCUT2D eigenvalue weighted by Crippen LogP contribution is -2.57. The van der Waals surface area contributed by atoms with Crippen molar-refractivity contribution in [2.45, 2.75) is 51.3 Å². The van der Waals surface area contributed by atoms with Gasteiger partial charge >= 0.3 is 0 Å². The van der Waals surface area contributed by atoms with Gasteiger partial charge in [0.05, 0.1) is 5.60 Å². The molecule has 0 aromatic heterocycles. The SMILES string of the molecule is CCCC1(O)[C@@H](C)[C@@H](c2ccccc2)N[C@@H](c2ccccc2)[C@@H]1C. The number of hydrogen-bond acceptors (Lipinski definition) is 2. The molecule has 2 nitrogen and oxygen atoms in total. The molecule has 0 saturated carbocycles. The zero-order valence-electron chi connectivity index (χ0n) is 14.9. The molecule has 1 aliphatic heterocycles. The molecule has 128 valence electrons. The first-order chi connectivity index (χ1) is 11.6. The maximum Gasteiger partial charge on any atom is 0.0734 e. The molecule has 1 saturated heterocycles. The maximum atomic E-state index is 11.6. The van der Waals surface area contributed by atoms with E-state index in [1.807, 2.05) is 12.1 Å². The van der Waals surface area contributed by atoms with Crippen LogP contribution in [0.1, 0.15) is 56.8 Å². The summed E-state index contributed by atoms with van der Waals surface area (Å²) >= 11 is 0. The first-order valence-corrected chi connectivity index (χ1v) is 9.16. The Morgan fingerprint density at radius 2 is 1.25 bits per heavy atom. The Morgan fingerprint density at radius 1 is 0.833 bits per heavy atom. The molecule has 1 fully saturated rings. The number of rotatable bonds is 4. The lowest BCUT2D eigenvalue weighted by Gasteiger charge is -2.52. The maximum absolute atomic E-state index is 11.6. The van der Waals surface area contributed by atoms with Gasteiger partial charge in [0.1, 0.15) is 0 Å². The van der Waals surface area contributed by atoms with Crippen LogP contribution in [0, 0.1) is 11.8 Å². The third-order valence-electron chi connectivity index (χ3n) is 5.90. The van der Waals surface area contributed by atoms with Crippen LogP contribution < -0.4 is 5.32 Å². The summed E-state index contributed by atoms with van der Waals surface area (Å²) in [6.07, 6.45) is 1.83. The van der Waals surface area contributed by atoms with Crippen molar-refractivity contribution in [2.24, 2.45) is 11.8 Å². The quantitative estimate of drug-likeness (QED) is 0.841. The Labute approximate surface area is 145 Å². The molecule has 0 amide bonds. The van der Waals surface area contributed by atoms with E-state index in [9.17, 15) is 5.11 Å². The van der Waals surface area contributed by atoms with Crippen LogP contribution in [-0.4, -0.2) is 10.7 Å². The molecule has 2 heteroatoms. The van der Waals surface area contributed by atoms with Gasteiger partial charge in [0.15, 0.2) is 0 Å². The predicted molar refractivity (Wildman–Crippen MR) is 99.7 cm³/mol. The van der Waals surface area contributed by atoms with Crippen LogP contribution in [0.3, 0.4) is 0 Å². The fraction of sp³-hybridized carbons (Fsp3) is 0.455. The second-order valence-corrected chi connectivity index (χ2v) is 7.26. The summed E-state index contributed by atoms with van der Waals surface area (Å²) in [7, 11) is 0. The van der Waals surface area contributed by atoms with Crippen molar-refractivity contribution < 1.29 is 5.11 Å². The Bertz CT molecular complexity index is 588. The first kappa shape index (κ1) is 17.2. The number of nitrogens with one attached hydrogen (secondary N) is 1. The normalized spacial score (nSPS) is 33.3. The highest BCUT2D eigenvalue weighted by Crippen LogP contribution is 2.48. The van der Waals surface area contributed by atoms with Gasteiger partial charge in [0.2, 0.25) is 0 Å². The molecule has 2 aromatic rings. The third-order valence-corrected chi connectivity index (χ3v) is 5.90. The first-order valence-electron chi connectivity index (χ1n) is 9.16. The molecule has 1 aliphatic rings. The van der Waals surface area contributed by atoms with E-state index in [1.165, 1.54) is 11.1 Å². The van der Waals surface area contributed by atoms with Crippen molar-refractivity contribution in [3.8, 4) is 0 Å². The van der Waals surface area contributed by atoms with Crippen LogP contribution in [-0.2, 0) is 0 Å². The van der Waals surface area contributed by atoms with Gasteiger partial charge in [-0.2, -0.15) is 0 Å². The zero-order valence-corrected chi connectivity index (χ0v) is 14.9. The smallest absolute Gasteiger partial charge is 0.0734 e. The van der Waals surface area contributed by atoms with Crippen LogP contribution in [0.4, 0.5) is 0 Å². The van der Waals surface area contributed by atoms with Gasteiger partial charge in [-0.15, -0.1) is 0 Å². The summed E-state index contributed by atoms with van der Waals surface area (Å²) < 4.78 is 0. The highest BCUT2D eigenvalue weighted by molar-refractivity contribution is 5.27. The molecule has 1 heterocycles. The van der Waals surface area contributed by atoms with E-state index < -0.39 is 5.60 Å². The Balaban J connectivity index is 2.02. The standard InChI is InChI=1S/C22H29NO/c1-4-15-22(24)16(2)20(18-11-7-5-8-12-18)23-21(17(22)3)19-13-9-6-10-14-19/h5-14,16-17,20-21,23-24H,4,15H2,1-3H3/t16-,17-,20-,21+,22?/m0/s1. The van der Waals surface area contributed by atoms with Gasteiger partial charge in [-0.05, 0) is 17.5 Å². The molecule has 0 spiro atoms. The molecule has 2 aromatic carbocycles. The topological polar surface area (TPSA) is 32.3 Å². The van der Waals surface area contributed by atoms with Crippen molar-refractivity contribution >= 4 is 0 Å². The summed E-state index contributed by atoms with van der Waals surface area (Å²) in [5.74, 6) is 0.324. The summed E-state index contributed by atoms with van der Waals surface area (Å²) in [4.78, 5) is 0. The van der Waals surface area contributed by atoms with Crippen molar-refractivity contribution in [1.29, 1.82) is 0 Å². The minimum atomic E-state index is -0.666. The highest BCUT2D eigenvalue weighted by atomic mass is 16.3. The monoisotopic (exact) mass is 323 g/mol. The Kier molecular flexibility index (Phi) is 5.07. The van der Waals surface area contributed by atoms with E-state index in [-0.39, 0.29) is 23.9 Å². The van der Waals surface area contributed by atoms with Crippen LogP contribution in [0.5, 0.6) is 0 Å². The minimum Gasteiger partial charge on any atom is -0.389 e. The molecule has 3 rings (SSSR count). The highest BCUT2D eigenvalue weighted by Gasteiger charge is 2.50. The van der Waals surface area contributed by atoms with Crippen molar-refractivity contribution in [2.75, 3.05) is 0 Å². The summed E-state index contributed by atoms with van der Waals surface area (Å²) in [5.41, 5.74) is 1.85. The Hall–Kier alpha value is -1.64. The summed E-state index contributed by atoms with van der Waals surface area (Å²) in [5, 5.41) is 15.5. The van der Waals surface area contributed by atoms with Gasteiger partial charge in [0, 0.05) is 23.9 Å². The lowest BCUT2D eigenvalue weighted by molar-refractivity contribution is -0.116. The molecule has 24 heavy (non-hydrogen) atoms. The van der Waals surface area contributed by atoms with E-state index in [1.54, 1.807) is 0 Å².